The predicted octanol–water partition coefficient (Wildman–Crippen LogP) is 2.58. The Morgan fingerprint density at radius 1 is 1.41 bits per heavy atom. The molecule has 0 spiro atoms. The van der Waals surface area contributed by atoms with Crippen LogP contribution < -0.4 is 5.32 Å². The van der Waals surface area contributed by atoms with Crippen molar-refractivity contribution in [1.29, 1.82) is 0 Å². The fourth-order valence-corrected chi connectivity index (χ4v) is 2.16. The molecule has 1 aromatic heterocycles. The molecule has 1 unspecified atom stereocenters. The summed E-state index contributed by atoms with van der Waals surface area (Å²) in [5.41, 5.74) is 1.94. The number of benzene rings is 1. The van der Waals surface area contributed by atoms with Crippen LogP contribution in [0.3, 0.4) is 0 Å². The molecular formula is C16H20ClN3O2. The van der Waals surface area contributed by atoms with Gasteiger partial charge >= 0.3 is 0 Å². The highest BCUT2D eigenvalue weighted by molar-refractivity contribution is 6.30. The first-order chi connectivity index (χ1) is 10.4. The van der Waals surface area contributed by atoms with E-state index in [1.165, 1.54) is 0 Å². The summed E-state index contributed by atoms with van der Waals surface area (Å²) >= 11 is 5.98. The van der Waals surface area contributed by atoms with Gasteiger partial charge in [0.05, 0.1) is 11.8 Å². The number of aryl methyl sites for hydroxylation is 1. The van der Waals surface area contributed by atoms with Crippen LogP contribution in [0.25, 0.3) is 5.69 Å². The lowest BCUT2D eigenvalue weighted by atomic mass is 10.1. The first-order valence-electron chi connectivity index (χ1n) is 7.17. The van der Waals surface area contributed by atoms with Gasteiger partial charge in [0.15, 0.2) is 5.69 Å². The summed E-state index contributed by atoms with van der Waals surface area (Å²) in [6.07, 6.45) is -0.569. The average Bonchev–Trinajstić information content (AvgIpc) is 2.86. The third-order valence-corrected chi connectivity index (χ3v) is 3.65. The SMILES string of the molecule is Cc1cc(C(=O)NCC(O)C(C)C)nn1-c1cccc(Cl)c1. The van der Waals surface area contributed by atoms with Gasteiger partial charge in [0.2, 0.25) is 0 Å². The molecular weight excluding hydrogens is 302 g/mol. The average molecular weight is 322 g/mol. The van der Waals surface area contributed by atoms with Crippen LogP contribution in [0.4, 0.5) is 0 Å². The van der Waals surface area contributed by atoms with Gasteiger partial charge in [0.25, 0.3) is 5.91 Å². The van der Waals surface area contributed by atoms with Gasteiger partial charge in [0.1, 0.15) is 0 Å². The molecule has 5 nitrogen and oxygen atoms in total. The van der Waals surface area contributed by atoms with E-state index in [-0.39, 0.29) is 18.4 Å². The molecule has 1 amide bonds. The smallest absolute Gasteiger partial charge is 0.271 e. The number of nitrogens with one attached hydrogen (secondary N) is 1. The van der Waals surface area contributed by atoms with Gasteiger partial charge < -0.3 is 10.4 Å². The number of halogens is 1. The van der Waals surface area contributed by atoms with Gasteiger partial charge in [0, 0.05) is 17.3 Å². The number of aliphatic hydroxyl groups is 1. The zero-order valence-corrected chi connectivity index (χ0v) is 13.6. The lowest BCUT2D eigenvalue weighted by Gasteiger charge is -2.14. The summed E-state index contributed by atoms with van der Waals surface area (Å²) in [6.45, 7) is 5.87. The quantitative estimate of drug-likeness (QED) is 0.889. The van der Waals surface area contributed by atoms with Gasteiger partial charge in [-0.2, -0.15) is 5.10 Å². The summed E-state index contributed by atoms with van der Waals surface area (Å²) in [4.78, 5) is 12.1. The Kier molecular flexibility index (Phi) is 5.21. The molecule has 0 saturated heterocycles. The van der Waals surface area contributed by atoms with Crippen LogP contribution >= 0.6 is 11.6 Å². The van der Waals surface area contributed by atoms with Crippen molar-refractivity contribution < 1.29 is 9.90 Å². The van der Waals surface area contributed by atoms with Crippen LogP contribution in [0.2, 0.25) is 5.02 Å². The standard InChI is InChI=1S/C16H20ClN3O2/c1-10(2)15(21)9-18-16(22)14-7-11(3)20(19-14)13-6-4-5-12(17)8-13/h4-8,10,15,21H,9H2,1-3H3,(H,18,22). The molecule has 22 heavy (non-hydrogen) atoms. The molecule has 6 heteroatoms. The second kappa shape index (κ2) is 6.94. The number of amides is 1. The maximum absolute atomic E-state index is 12.1. The van der Waals surface area contributed by atoms with Crippen molar-refractivity contribution in [2.45, 2.75) is 26.9 Å². The third kappa shape index (κ3) is 3.87. The first-order valence-corrected chi connectivity index (χ1v) is 7.55. The maximum atomic E-state index is 12.1. The highest BCUT2D eigenvalue weighted by Crippen LogP contribution is 2.16. The minimum atomic E-state index is -0.569. The van der Waals surface area contributed by atoms with E-state index >= 15 is 0 Å². The zero-order chi connectivity index (χ0) is 16.3. The van der Waals surface area contributed by atoms with Crippen LogP contribution in [0.5, 0.6) is 0 Å². The number of hydrogen-bond acceptors (Lipinski definition) is 3. The highest BCUT2D eigenvalue weighted by atomic mass is 35.5. The second-order valence-corrected chi connectivity index (χ2v) is 6.02. The molecule has 2 aromatic rings. The van der Waals surface area contributed by atoms with Crippen LogP contribution in [-0.2, 0) is 0 Å². The molecule has 0 aliphatic heterocycles. The van der Waals surface area contributed by atoms with Crippen LogP contribution in [0, 0.1) is 12.8 Å². The third-order valence-electron chi connectivity index (χ3n) is 3.41. The number of rotatable bonds is 5. The van der Waals surface area contributed by atoms with Crippen LogP contribution in [-0.4, -0.2) is 33.4 Å². The highest BCUT2D eigenvalue weighted by Gasteiger charge is 2.16. The number of hydrogen-bond donors (Lipinski definition) is 2. The van der Waals surface area contributed by atoms with Gasteiger partial charge in [-0.3, -0.25) is 4.79 Å². The minimum Gasteiger partial charge on any atom is -0.391 e. The van der Waals surface area contributed by atoms with Crippen molar-refractivity contribution in [2.75, 3.05) is 6.54 Å². The molecule has 1 heterocycles. The Hall–Kier alpha value is -1.85. The van der Waals surface area contributed by atoms with E-state index in [1.54, 1.807) is 22.9 Å². The number of nitrogens with zero attached hydrogens (tertiary/aromatic N) is 2. The van der Waals surface area contributed by atoms with Crippen molar-refractivity contribution >= 4 is 17.5 Å². The number of carbonyl (C=O) groups excluding carboxylic acids is 1. The number of aliphatic hydroxyl groups excluding tert-OH is 1. The molecule has 0 aliphatic carbocycles. The minimum absolute atomic E-state index is 0.0889. The van der Waals surface area contributed by atoms with E-state index in [4.69, 9.17) is 11.6 Å². The second-order valence-electron chi connectivity index (χ2n) is 5.58. The Morgan fingerprint density at radius 3 is 2.77 bits per heavy atom. The topological polar surface area (TPSA) is 67.2 Å². The molecule has 2 N–H and O–H groups in total. The van der Waals surface area contributed by atoms with Crippen LogP contribution in [0.15, 0.2) is 30.3 Å². The van der Waals surface area contributed by atoms with E-state index < -0.39 is 6.10 Å². The van der Waals surface area contributed by atoms with E-state index in [1.807, 2.05) is 32.9 Å². The van der Waals surface area contributed by atoms with Crippen LogP contribution in [0.1, 0.15) is 30.0 Å². The van der Waals surface area contributed by atoms with Gasteiger partial charge in [-0.1, -0.05) is 31.5 Å². The van der Waals surface area contributed by atoms with E-state index in [0.29, 0.717) is 10.7 Å². The Labute approximate surface area is 134 Å². The summed E-state index contributed by atoms with van der Waals surface area (Å²) in [5.74, 6) is -0.213. The molecule has 118 valence electrons. The molecule has 1 atom stereocenters. The summed E-state index contributed by atoms with van der Waals surface area (Å²) in [6, 6.07) is 8.97. The monoisotopic (exact) mass is 321 g/mol. The van der Waals surface area contributed by atoms with Gasteiger partial charge in [-0.25, -0.2) is 4.68 Å². The maximum Gasteiger partial charge on any atom is 0.271 e. The summed E-state index contributed by atoms with van der Waals surface area (Å²) < 4.78 is 1.67. The van der Waals surface area contributed by atoms with Crippen molar-refractivity contribution in [3.8, 4) is 5.69 Å². The molecule has 0 aliphatic rings. The fourth-order valence-electron chi connectivity index (χ4n) is 1.98. The van der Waals surface area contributed by atoms with Gasteiger partial charge in [-0.15, -0.1) is 0 Å². The normalized spacial score (nSPS) is 12.5. The Balaban J connectivity index is 2.14. The lowest BCUT2D eigenvalue weighted by Crippen LogP contribution is -2.34. The van der Waals surface area contributed by atoms with E-state index in [2.05, 4.69) is 10.4 Å². The summed E-state index contributed by atoms with van der Waals surface area (Å²) in [7, 11) is 0. The number of carbonyl (C=O) groups is 1. The molecule has 0 radical (unpaired) electrons. The van der Waals surface area contributed by atoms with Crippen molar-refractivity contribution in [1.82, 2.24) is 15.1 Å². The molecule has 0 bridgehead atoms. The van der Waals surface area contributed by atoms with Crippen molar-refractivity contribution in [3.63, 3.8) is 0 Å². The number of aromatic nitrogens is 2. The van der Waals surface area contributed by atoms with Crippen molar-refractivity contribution in [2.24, 2.45) is 5.92 Å². The largest absolute Gasteiger partial charge is 0.391 e. The summed E-state index contributed by atoms with van der Waals surface area (Å²) in [5, 5.41) is 17.3. The van der Waals surface area contributed by atoms with Crippen molar-refractivity contribution in [3.05, 3.63) is 46.7 Å². The fraction of sp³-hybridized carbons (Fsp3) is 0.375. The molecule has 0 fully saturated rings. The van der Waals surface area contributed by atoms with Gasteiger partial charge in [-0.05, 0) is 37.1 Å². The molecule has 2 rings (SSSR count). The molecule has 1 aromatic carbocycles. The zero-order valence-electron chi connectivity index (χ0n) is 12.9. The van der Waals surface area contributed by atoms with E-state index in [0.717, 1.165) is 11.4 Å². The Bertz CT molecular complexity index is 667. The predicted molar refractivity (Wildman–Crippen MR) is 86.5 cm³/mol. The first kappa shape index (κ1) is 16.5. The Morgan fingerprint density at radius 2 is 2.14 bits per heavy atom. The van der Waals surface area contributed by atoms with E-state index in [9.17, 15) is 9.90 Å². The lowest BCUT2D eigenvalue weighted by molar-refractivity contribution is 0.0866. The molecule has 0 saturated carbocycles.